The number of amides is 1. The van der Waals surface area contributed by atoms with E-state index < -0.39 is 5.91 Å². The average molecular weight is 452 g/mol. The zero-order valence-electron chi connectivity index (χ0n) is 13.4. The van der Waals surface area contributed by atoms with Crippen molar-refractivity contribution in [3.05, 3.63) is 86.1 Å². The quantitative estimate of drug-likeness (QED) is 0.448. The largest absolute Gasteiger partial charge is 0.291 e. The van der Waals surface area contributed by atoms with Crippen LogP contribution in [0.1, 0.15) is 21.6 Å². The second kappa shape index (κ2) is 8.49. The zero-order valence-corrected chi connectivity index (χ0v) is 16.5. The number of nitrogens with zero attached hydrogens (tertiary/aromatic N) is 3. The fourth-order valence-corrected chi connectivity index (χ4v) is 2.96. The number of benzene rings is 2. The molecule has 3 rings (SSSR count). The summed E-state index contributed by atoms with van der Waals surface area (Å²) in [5.74, 6) is -0.394. The summed E-state index contributed by atoms with van der Waals surface area (Å²) in [4.78, 5) is 12.1. The molecular weight excluding hydrogens is 439 g/mol. The molecule has 1 N–H and O–H groups in total. The first-order valence-corrected chi connectivity index (χ1v) is 9.12. The van der Waals surface area contributed by atoms with E-state index in [0.29, 0.717) is 16.6 Å². The van der Waals surface area contributed by atoms with Gasteiger partial charge in [0.1, 0.15) is 0 Å². The van der Waals surface area contributed by atoms with Gasteiger partial charge in [-0.3, -0.25) is 9.48 Å². The highest BCUT2D eigenvalue weighted by Gasteiger charge is 2.09. The molecule has 5 nitrogen and oxygen atoms in total. The first-order valence-electron chi connectivity index (χ1n) is 7.57. The maximum Gasteiger partial charge on any atom is 0.291 e. The molecule has 0 bridgehead atoms. The first kappa shape index (κ1) is 18.6. The molecule has 132 valence electrons. The smallest absolute Gasteiger partial charge is 0.268 e. The van der Waals surface area contributed by atoms with E-state index >= 15 is 0 Å². The number of rotatable bonds is 5. The lowest BCUT2D eigenvalue weighted by molar-refractivity contribution is 0.0949. The van der Waals surface area contributed by atoms with Crippen LogP contribution in [0.3, 0.4) is 0 Å². The third-order valence-corrected chi connectivity index (χ3v) is 4.66. The van der Waals surface area contributed by atoms with Crippen LogP contribution >= 0.6 is 39.1 Å². The zero-order chi connectivity index (χ0) is 18.5. The number of hydrogen-bond acceptors (Lipinski definition) is 3. The lowest BCUT2D eigenvalue weighted by atomic mass is 10.2. The summed E-state index contributed by atoms with van der Waals surface area (Å²) in [7, 11) is 0. The standard InChI is InChI=1S/C18H13BrCl2N4O/c19-14-3-1-2-13(8-14)11-25-7-6-17(24-25)18(26)23-22-10-12-4-5-15(20)16(21)9-12/h1-10H,11H2,(H,23,26). The molecule has 0 saturated heterocycles. The highest BCUT2D eigenvalue weighted by molar-refractivity contribution is 9.10. The molecule has 1 aromatic heterocycles. The van der Waals surface area contributed by atoms with Crippen molar-refractivity contribution < 1.29 is 4.79 Å². The van der Waals surface area contributed by atoms with Crippen molar-refractivity contribution in [3.8, 4) is 0 Å². The van der Waals surface area contributed by atoms with Gasteiger partial charge in [0, 0.05) is 10.7 Å². The molecule has 2 aromatic carbocycles. The molecule has 1 amide bonds. The topological polar surface area (TPSA) is 59.3 Å². The molecule has 8 heteroatoms. The van der Waals surface area contributed by atoms with Gasteiger partial charge in [-0.15, -0.1) is 0 Å². The number of hydrazone groups is 1. The van der Waals surface area contributed by atoms with Crippen LogP contribution in [0.5, 0.6) is 0 Å². The number of carbonyl (C=O) groups is 1. The third kappa shape index (κ3) is 4.94. The van der Waals surface area contributed by atoms with Gasteiger partial charge in [0.15, 0.2) is 5.69 Å². The highest BCUT2D eigenvalue weighted by Crippen LogP contribution is 2.21. The molecule has 0 fully saturated rings. The Bertz CT molecular complexity index is 971. The number of hydrogen-bond donors (Lipinski definition) is 1. The fraction of sp³-hybridized carbons (Fsp3) is 0.0556. The van der Waals surface area contributed by atoms with Gasteiger partial charge in [0.2, 0.25) is 0 Å². The molecule has 0 atom stereocenters. The highest BCUT2D eigenvalue weighted by atomic mass is 79.9. The van der Waals surface area contributed by atoms with E-state index in [0.717, 1.165) is 15.6 Å². The lowest BCUT2D eigenvalue weighted by Crippen LogP contribution is -2.18. The van der Waals surface area contributed by atoms with Crippen LogP contribution in [0.2, 0.25) is 10.0 Å². The summed E-state index contributed by atoms with van der Waals surface area (Å²) < 4.78 is 2.69. The van der Waals surface area contributed by atoms with Crippen molar-refractivity contribution in [1.29, 1.82) is 0 Å². The minimum Gasteiger partial charge on any atom is -0.268 e. The average Bonchev–Trinajstić information content (AvgIpc) is 3.06. The van der Waals surface area contributed by atoms with Crippen LogP contribution in [0.4, 0.5) is 0 Å². The molecule has 3 aromatic rings. The molecule has 0 radical (unpaired) electrons. The Morgan fingerprint density at radius 3 is 2.81 bits per heavy atom. The van der Waals surface area contributed by atoms with Gasteiger partial charge in [-0.2, -0.15) is 10.2 Å². The molecule has 0 saturated carbocycles. The fourth-order valence-electron chi connectivity index (χ4n) is 2.21. The van der Waals surface area contributed by atoms with Crippen molar-refractivity contribution in [2.45, 2.75) is 6.54 Å². The third-order valence-electron chi connectivity index (χ3n) is 3.43. The maximum atomic E-state index is 12.1. The molecule has 0 aliphatic heterocycles. The Kier molecular flexibility index (Phi) is 6.08. The van der Waals surface area contributed by atoms with E-state index in [9.17, 15) is 4.79 Å². The van der Waals surface area contributed by atoms with E-state index in [1.54, 1.807) is 35.1 Å². The summed E-state index contributed by atoms with van der Waals surface area (Å²) in [5.41, 5.74) is 4.52. The van der Waals surface area contributed by atoms with Crippen LogP contribution in [0, 0.1) is 0 Å². The van der Waals surface area contributed by atoms with Gasteiger partial charge in [0.05, 0.1) is 22.8 Å². The van der Waals surface area contributed by atoms with Crippen LogP contribution in [0.25, 0.3) is 0 Å². The minimum atomic E-state index is -0.394. The Hall–Kier alpha value is -2.15. The van der Waals surface area contributed by atoms with Gasteiger partial charge < -0.3 is 0 Å². The summed E-state index contributed by atoms with van der Waals surface area (Å²) in [6.45, 7) is 0.569. The number of halogens is 3. The molecule has 1 heterocycles. The normalized spacial score (nSPS) is 11.0. The van der Waals surface area contributed by atoms with Gasteiger partial charge in [-0.1, -0.05) is 57.3 Å². The van der Waals surface area contributed by atoms with Gasteiger partial charge in [0.25, 0.3) is 5.91 Å². The molecule has 0 unspecified atom stereocenters. The molecule has 26 heavy (non-hydrogen) atoms. The molecule has 0 aliphatic rings. The second-order valence-electron chi connectivity index (χ2n) is 5.40. The summed E-state index contributed by atoms with van der Waals surface area (Å²) in [6.07, 6.45) is 3.23. The van der Waals surface area contributed by atoms with Crippen LogP contribution < -0.4 is 5.43 Å². The van der Waals surface area contributed by atoms with Crippen LogP contribution in [-0.4, -0.2) is 21.9 Å². The van der Waals surface area contributed by atoms with E-state index in [-0.39, 0.29) is 5.69 Å². The maximum absolute atomic E-state index is 12.1. The first-order chi connectivity index (χ1) is 12.5. The lowest BCUT2D eigenvalue weighted by Gasteiger charge is -2.02. The number of nitrogens with one attached hydrogen (secondary N) is 1. The van der Waals surface area contributed by atoms with Crippen molar-refractivity contribution in [3.63, 3.8) is 0 Å². The van der Waals surface area contributed by atoms with Gasteiger partial charge in [-0.25, -0.2) is 5.43 Å². The van der Waals surface area contributed by atoms with Gasteiger partial charge >= 0.3 is 0 Å². The predicted octanol–water partition coefficient (Wildman–Crippen LogP) is 4.76. The van der Waals surface area contributed by atoms with Crippen LogP contribution in [-0.2, 0) is 6.54 Å². The predicted molar refractivity (Wildman–Crippen MR) is 107 cm³/mol. The van der Waals surface area contributed by atoms with E-state index in [2.05, 4.69) is 31.6 Å². The Balaban J connectivity index is 1.61. The Morgan fingerprint density at radius 1 is 1.19 bits per heavy atom. The van der Waals surface area contributed by atoms with Crippen molar-refractivity contribution in [2.24, 2.45) is 5.10 Å². The van der Waals surface area contributed by atoms with Crippen molar-refractivity contribution in [1.82, 2.24) is 15.2 Å². The monoisotopic (exact) mass is 450 g/mol. The second-order valence-corrected chi connectivity index (χ2v) is 7.13. The van der Waals surface area contributed by atoms with E-state index in [1.165, 1.54) is 6.21 Å². The van der Waals surface area contributed by atoms with Gasteiger partial charge in [-0.05, 0) is 41.5 Å². The summed E-state index contributed by atoms with van der Waals surface area (Å²) in [5, 5.41) is 9.06. The molecule has 0 spiro atoms. The summed E-state index contributed by atoms with van der Waals surface area (Å²) in [6, 6.07) is 14.6. The Morgan fingerprint density at radius 2 is 2.04 bits per heavy atom. The van der Waals surface area contributed by atoms with E-state index in [1.807, 2.05) is 24.3 Å². The SMILES string of the molecule is O=C(NN=Cc1ccc(Cl)c(Cl)c1)c1ccn(Cc2cccc(Br)c2)n1. The minimum absolute atomic E-state index is 0.284. The van der Waals surface area contributed by atoms with Crippen molar-refractivity contribution in [2.75, 3.05) is 0 Å². The number of carbonyl (C=O) groups excluding carboxylic acids is 1. The summed E-state index contributed by atoms with van der Waals surface area (Å²) >= 11 is 15.2. The number of aromatic nitrogens is 2. The van der Waals surface area contributed by atoms with Crippen LogP contribution in [0.15, 0.2) is 64.3 Å². The van der Waals surface area contributed by atoms with Crippen molar-refractivity contribution >= 4 is 51.3 Å². The van der Waals surface area contributed by atoms with E-state index in [4.69, 9.17) is 23.2 Å². The molecule has 0 aliphatic carbocycles. The molecular formula is C18H13BrCl2N4O. The Labute approximate surface area is 168 Å².